The van der Waals surface area contributed by atoms with Crippen molar-refractivity contribution in [2.75, 3.05) is 48.9 Å². The third-order valence-corrected chi connectivity index (χ3v) is 12.0. The Labute approximate surface area is 362 Å². The highest BCUT2D eigenvalue weighted by molar-refractivity contribution is 6.07. The van der Waals surface area contributed by atoms with Gasteiger partial charge < -0.3 is 35.4 Å². The van der Waals surface area contributed by atoms with Crippen molar-refractivity contribution in [2.24, 2.45) is 0 Å². The molecule has 1 saturated carbocycles. The van der Waals surface area contributed by atoms with Crippen LogP contribution in [0.4, 0.5) is 17.2 Å². The average molecular weight is 858 g/mol. The Balaban J connectivity index is 0.00000622. The Kier molecular flexibility index (Phi) is 15.0. The summed E-state index contributed by atoms with van der Waals surface area (Å²) in [6, 6.07) is 9.88. The van der Waals surface area contributed by atoms with Crippen LogP contribution in [0.15, 0.2) is 42.6 Å². The molecule has 16 nitrogen and oxygen atoms in total. The molecule has 17 heteroatoms. The first-order valence-electron chi connectivity index (χ1n) is 21.2. The summed E-state index contributed by atoms with van der Waals surface area (Å²) in [5, 5.41) is 11.6. The monoisotopic (exact) mass is 857 g/mol. The number of amides is 6. The Morgan fingerprint density at radius 2 is 1.77 bits per heavy atom. The van der Waals surface area contributed by atoms with Gasteiger partial charge in [0.2, 0.25) is 23.6 Å². The minimum Gasteiger partial charge on any atom is -0.496 e. The highest BCUT2D eigenvalue weighted by atomic mass is 35.5. The molecule has 4 N–H and O–H groups in total. The highest BCUT2D eigenvalue weighted by Gasteiger charge is 2.42. The summed E-state index contributed by atoms with van der Waals surface area (Å²) in [5.41, 5.74) is 3.76. The maximum absolute atomic E-state index is 13.3. The van der Waals surface area contributed by atoms with Crippen molar-refractivity contribution < 1.29 is 33.5 Å². The topological polar surface area (TPSA) is 195 Å². The third-order valence-electron chi connectivity index (χ3n) is 12.0. The highest BCUT2D eigenvalue weighted by Crippen LogP contribution is 2.40. The molecule has 6 amide bonds. The number of methoxy groups -OCH3 is 1. The summed E-state index contributed by atoms with van der Waals surface area (Å²) in [4.78, 5) is 91.2. The number of fused-ring (bicyclic) bond motifs is 2. The number of nitrogens with zero attached hydrogens (tertiary/aromatic N) is 5. The van der Waals surface area contributed by atoms with E-state index < -0.39 is 11.9 Å². The number of halogens is 1. The quantitative estimate of drug-likeness (QED) is 0.112. The van der Waals surface area contributed by atoms with E-state index in [0.29, 0.717) is 72.7 Å². The number of carbonyl (C=O) groups is 6. The van der Waals surface area contributed by atoms with Gasteiger partial charge in [0.05, 0.1) is 13.3 Å². The van der Waals surface area contributed by atoms with E-state index in [-0.39, 0.29) is 73.4 Å². The minimum absolute atomic E-state index is 0. The van der Waals surface area contributed by atoms with E-state index in [1.807, 2.05) is 13.0 Å². The zero-order chi connectivity index (χ0) is 42.3. The number of piperidine rings is 1. The zero-order valence-corrected chi connectivity index (χ0v) is 35.9. The largest absolute Gasteiger partial charge is 0.496 e. The van der Waals surface area contributed by atoms with Crippen LogP contribution in [0, 0.1) is 0 Å². The first kappa shape index (κ1) is 44.9. The lowest BCUT2D eigenvalue weighted by atomic mass is 10.0. The standard InChI is InChI=1S/C44H55N9O7.ClH/c1-4-33-44(59)51(2)35-25-47-37(49-40(35)53(33)29-11-5-6-12-29)24-27-16-17-28(23-36(27)60-3)41(56)46-22-10-21-45-20-8-7-15-38(54)48-32-14-9-13-30-31(32)26-52(43(30)58)34-18-19-39(55)50-42(34)57;/h9,13-14,16-17,23,25,29,33-34,45H,4-8,10-12,15,18-22,24,26H2,1-3H3,(H,46,56)(H,48,54)(H,50,55,57);1H/t33-,34?;/m1./s1. The Morgan fingerprint density at radius 3 is 2.52 bits per heavy atom. The Bertz CT molecular complexity index is 2150. The molecular weight excluding hydrogens is 802 g/mol. The fourth-order valence-corrected chi connectivity index (χ4v) is 8.80. The van der Waals surface area contributed by atoms with Gasteiger partial charge in [0, 0.05) is 73.4 Å². The number of rotatable bonds is 17. The van der Waals surface area contributed by atoms with Crippen molar-refractivity contribution in [2.45, 2.75) is 109 Å². The maximum atomic E-state index is 13.3. The fourth-order valence-electron chi connectivity index (χ4n) is 8.80. The number of ether oxygens (including phenoxy) is 1. The van der Waals surface area contributed by atoms with Crippen molar-refractivity contribution in [1.82, 2.24) is 30.8 Å². The van der Waals surface area contributed by atoms with Gasteiger partial charge in [-0.1, -0.05) is 31.9 Å². The van der Waals surface area contributed by atoms with Gasteiger partial charge in [0.15, 0.2) is 5.82 Å². The van der Waals surface area contributed by atoms with Crippen LogP contribution in [0.5, 0.6) is 5.75 Å². The lowest BCUT2D eigenvalue weighted by Crippen LogP contribution is -2.55. The van der Waals surface area contributed by atoms with Crippen molar-refractivity contribution >= 4 is 65.0 Å². The number of nitrogens with one attached hydrogen (secondary N) is 4. The van der Waals surface area contributed by atoms with Crippen LogP contribution in [0.25, 0.3) is 0 Å². The van der Waals surface area contributed by atoms with Gasteiger partial charge >= 0.3 is 0 Å². The SMILES string of the molecule is CC[C@@H]1C(=O)N(C)c2cnc(Cc3ccc(C(=O)NCCCNCCCCC(=O)Nc4cccc5c4CN(C4CCC(=O)NC4=O)C5=O)cc3OC)nc2N1C1CCCC1.Cl. The summed E-state index contributed by atoms with van der Waals surface area (Å²) < 4.78 is 5.71. The second-order valence-corrected chi connectivity index (χ2v) is 16.0. The van der Waals surface area contributed by atoms with Crippen LogP contribution < -0.4 is 35.8 Å². The molecule has 2 atom stereocenters. The van der Waals surface area contributed by atoms with Crippen molar-refractivity contribution in [1.29, 1.82) is 0 Å². The van der Waals surface area contributed by atoms with Crippen LogP contribution in [0.2, 0.25) is 0 Å². The molecule has 1 saturated heterocycles. The van der Waals surface area contributed by atoms with Gasteiger partial charge in [-0.3, -0.25) is 34.1 Å². The van der Waals surface area contributed by atoms with Gasteiger partial charge in [-0.2, -0.15) is 0 Å². The Hall–Kier alpha value is -5.61. The van der Waals surface area contributed by atoms with Crippen LogP contribution in [-0.2, 0) is 32.1 Å². The van der Waals surface area contributed by atoms with Gasteiger partial charge in [0.25, 0.3) is 11.8 Å². The third kappa shape index (κ3) is 9.97. The number of aromatic nitrogens is 2. The average Bonchev–Trinajstić information content (AvgIpc) is 3.90. The number of benzene rings is 2. The molecule has 1 aromatic heterocycles. The molecule has 3 aliphatic heterocycles. The van der Waals surface area contributed by atoms with E-state index in [1.165, 1.54) is 4.90 Å². The molecule has 4 heterocycles. The number of carbonyl (C=O) groups excluding carboxylic acids is 6. The van der Waals surface area contributed by atoms with Crippen LogP contribution >= 0.6 is 12.4 Å². The van der Waals surface area contributed by atoms with Crippen LogP contribution in [0.1, 0.15) is 115 Å². The van der Waals surface area contributed by atoms with Gasteiger partial charge in [-0.25, -0.2) is 9.97 Å². The lowest BCUT2D eigenvalue weighted by Gasteiger charge is -2.43. The van der Waals surface area contributed by atoms with E-state index in [0.717, 1.165) is 62.1 Å². The zero-order valence-electron chi connectivity index (χ0n) is 35.1. The summed E-state index contributed by atoms with van der Waals surface area (Å²) in [6.07, 6.45) is 10.2. The fraction of sp³-hybridized carbons (Fsp3) is 0.500. The van der Waals surface area contributed by atoms with E-state index in [9.17, 15) is 28.8 Å². The molecule has 326 valence electrons. The van der Waals surface area contributed by atoms with Gasteiger partial charge in [-0.05, 0) is 82.3 Å². The smallest absolute Gasteiger partial charge is 0.255 e. The van der Waals surface area contributed by atoms with Crippen molar-refractivity contribution in [3.63, 3.8) is 0 Å². The summed E-state index contributed by atoms with van der Waals surface area (Å²) in [6.45, 7) is 4.14. The number of likely N-dealkylation sites (N-methyl/N-ethyl adjacent to an activating group) is 1. The molecule has 0 spiro atoms. The molecule has 3 aromatic rings. The maximum Gasteiger partial charge on any atom is 0.255 e. The van der Waals surface area contributed by atoms with Crippen LogP contribution in [-0.4, -0.2) is 102 Å². The van der Waals surface area contributed by atoms with Gasteiger partial charge in [-0.15, -0.1) is 12.4 Å². The lowest BCUT2D eigenvalue weighted by molar-refractivity contribution is -0.137. The number of anilines is 3. The summed E-state index contributed by atoms with van der Waals surface area (Å²) >= 11 is 0. The number of hydrogen-bond acceptors (Lipinski definition) is 11. The molecule has 0 bridgehead atoms. The number of hydrogen-bond donors (Lipinski definition) is 4. The van der Waals surface area contributed by atoms with E-state index >= 15 is 0 Å². The predicted molar refractivity (Wildman–Crippen MR) is 232 cm³/mol. The first-order valence-corrected chi connectivity index (χ1v) is 21.2. The molecule has 1 aliphatic carbocycles. The second-order valence-electron chi connectivity index (χ2n) is 16.0. The van der Waals surface area contributed by atoms with E-state index in [1.54, 1.807) is 55.6 Å². The Morgan fingerprint density at radius 1 is 0.984 bits per heavy atom. The summed E-state index contributed by atoms with van der Waals surface area (Å²) in [7, 11) is 3.38. The van der Waals surface area contributed by atoms with E-state index in [2.05, 4.69) is 31.2 Å². The summed E-state index contributed by atoms with van der Waals surface area (Å²) in [5.74, 6) is 0.636. The normalized spacial score (nSPS) is 18.7. The molecule has 7 rings (SSSR count). The second kappa shape index (κ2) is 20.3. The molecular formula is C44H56ClN9O7. The molecule has 1 unspecified atom stereocenters. The van der Waals surface area contributed by atoms with E-state index in [4.69, 9.17) is 9.72 Å². The minimum atomic E-state index is -0.716. The first-order chi connectivity index (χ1) is 29.1. The van der Waals surface area contributed by atoms with Crippen LogP contribution in [0.3, 0.4) is 0 Å². The predicted octanol–water partition coefficient (Wildman–Crippen LogP) is 4.28. The molecule has 4 aliphatic rings. The molecule has 2 aromatic carbocycles. The van der Waals surface area contributed by atoms with Crippen molar-refractivity contribution in [3.8, 4) is 5.75 Å². The van der Waals surface area contributed by atoms with Crippen molar-refractivity contribution in [3.05, 3.63) is 70.7 Å². The van der Waals surface area contributed by atoms with Gasteiger partial charge in [0.1, 0.15) is 29.3 Å². The molecule has 2 fully saturated rings. The number of unbranched alkanes of at least 4 members (excludes halogenated alkanes) is 1. The molecule has 0 radical (unpaired) electrons. The number of imide groups is 1. The molecule has 61 heavy (non-hydrogen) atoms.